The number of nitrogens with one attached hydrogen (secondary N) is 2. The van der Waals surface area contributed by atoms with Gasteiger partial charge in [0.05, 0.1) is 11.0 Å². The Morgan fingerprint density at radius 1 is 1.48 bits per heavy atom. The number of carbonyl (C=O) groups excluding carboxylic acids is 1. The molecule has 1 aromatic carbocycles. The van der Waals surface area contributed by atoms with Gasteiger partial charge in [-0.3, -0.25) is 4.79 Å². The van der Waals surface area contributed by atoms with Crippen LogP contribution < -0.4 is 10.0 Å². The number of benzene rings is 1. The summed E-state index contributed by atoms with van der Waals surface area (Å²) in [4.78, 5) is 11.2. The maximum absolute atomic E-state index is 12.2. The molecule has 0 aliphatic carbocycles. The van der Waals surface area contributed by atoms with E-state index in [-0.39, 0.29) is 23.4 Å². The van der Waals surface area contributed by atoms with Gasteiger partial charge in [0.25, 0.3) is 0 Å². The van der Waals surface area contributed by atoms with Crippen LogP contribution in [0.5, 0.6) is 0 Å². The van der Waals surface area contributed by atoms with Crippen molar-refractivity contribution in [1.82, 2.24) is 10.0 Å². The SMILES string of the molecule is CCC(O)c1cccc(S(=O)(=O)NCC2CCC(=O)N2)c1. The van der Waals surface area contributed by atoms with Crippen molar-refractivity contribution >= 4 is 15.9 Å². The van der Waals surface area contributed by atoms with Crippen molar-refractivity contribution in [2.75, 3.05) is 6.54 Å². The summed E-state index contributed by atoms with van der Waals surface area (Å²) in [5.74, 6) is -0.0488. The van der Waals surface area contributed by atoms with Crippen LogP contribution in [-0.4, -0.2) is 32.0 Å². The summed E-state index contributed by atoms with van der Waals surface area (Å²) in [5, 5.41) is 12.5. The summed E-state index contributed by atoms with van der Waals surface area (Å²) in [6.45, 7) is 2.00. The zero-order chi connectivity index (χ0) is 15.5. The van der Waals surface area contributed by atoms with E-state index in [0.29, 0.717) is 24.8 Å². The maximum Gasteiger partial charge on any atom is 0.240 e. The fraction of sp³-hybridized carbons (Fsp3) is 0.500. The van der Waals surface area contributed by atoms with Crippen molar-refractivity contribution in [1.29, 1.82) is 0 Å². The fourth-order valence-corrected chi connectivity index (χ4v) is 3.38. The lowest BCUT2D eigenvalue weighted by atomic mass is 10.1. The highest BCUT2D eigenvalue weighted by atomic mass is 32.2. The predicted molar refractivity (Wildman–Crippen MR) is 78.0 cm³/mol. The third-order valence-electron chi connectivity index (χ3n) is 3.54. The van der Waals surface area contributed by atoms with Crippen molar-refractivity contribution in [3.63, 3.8) is 0 Å². The number of carbonyl (C=O) groups is 1. The van der Waals surface area contributed by atoms with E-state index in [1.165, 1.54) is 12.1 Å². The van der Waals surface area contributed by atoms with Gasteiger partial charge in [-0.15, -0.1) is 0 Å². The summed E-state index contributed by atoms with van der Waals surface area (Å²) < 4.78 is 27.0. The number of aliphatic hydroxyl groups excluding tert-OH is 1. The molecule has 0 saturated carbocycles. The molecule has 3 N–H and O–H groups in total. The van der Waals surface area contributed by atoms with E-state index in [9.17, 15) is 18.3 Å². The molecule has 0 spiro atoms. The Balaban J connectivity index is 2.06. The molecule has 6 nitrogen and oxygen atoms in total. The minimum Gasteiger partial charge on any atom is -0.388 e. The molecule has 0 aromatic heterocycles. The quantitative estimate of drug-likeness (QED) is 0.720. The van der Waals surface area contributed by atoms with Crippen LogP contribution in [0.2, 0.25) is 0 Å². The van der Waals surface area contributed by atoms with Gasteiger partial charge in [0.1, 0.15) is 0 Å². The fourth-order valence-electron chi connectivity index (χ4n) is 2.25. The molecule has 1 saturated heterocycles. The monoisotopic (exact) mass is 312 g/mol. The Morgan fingerprint density at radius 3 is 2.86 bits per heavy atom. The first-order chi connectivity index (χ1) is 9.92. The Hall–Kier alpha value is -1.44. The summed E-state index contributed by atoms with van der Waals surface area (Å²) in [7, 11) is -3.64. The largest absolute Gasteiger partial charge is 0.388 e. The highest BCUT2D eigenvalue weighted by Crippen LogP contribution is 2.20. The van der Waals surface area contributed by atoms with Crippen LogP contribution >= 0.6 is 0 Å². The van der Waals surface area contributed by atoms with Crippen LogP contribution in [0.4, 0.5) is 0 Å². The summed E-state index contributed by atoms with van der Waals surface area (Å²) >= 11 is 0. The van der Waals surface area contributed by atoms with Gasteiger partial charge in [0.15, 0.2) is 0 Å². The number of rotatable bonds is 6. The normalized spacial score (nSPS) is 20.3. The van der Waals surface area contributed by atoms with E-state index < -0.39 is 16.1 Å². The van der Waals surface area contributed by atoms with Crippen molar-refractivity contribution < 1.29 is 18.3 Å². The van der Waals surface area contributed by atoms with Gasteiger partial charge < -0.3 is 10.4 Å². The molecule has 1 aliphatic heterocycles. The average Bonchev–Trinajstić information content (AvgIpc) is 2.90. The first-order valence-corrected chi connectivity index (χ1v) is 8.47. The summed E-state index contributed by atoms with van der Waals surface area (Å²) in [5.41, 5.74) is 0.578. The molecule has 0 radical (unpaired) electrons. The minimum absolute atomic E-state index is 0.0488. The van der Waals surface area contributed by atoms with Gasteiger partial charge >= 0.3 is 0 Å². The molecule has 2 unspecified atom stereocenters. The molecular formula is C14H20N2O4S. The van der Waals surface area contributed by atoms with Crippen LogP contribution in [0.3, 0.4) is 0 Å². The highest BCUT2D eigenvalue weighted by Gasteiger charge is 2.23. The van der Waals surface area contributed by atoms with E-state index in [0.717, 1.165) is 0 Å². The molecule has 1 amide bonds. The second-order valence-corrected chi connectivity index (χ2v) is 6.92. The number of sulfonamides is 1. The minimum atomic E-state index is -3.64. The van der Waals surface area contributed by atoms with Gasteiger partial charge in [0, 0.05) is 19.0 Å². The first kappa shape index (κ1) is 15.9. The molecule has 116 valence electrons. The van der Waals surface area contributed by atoms with Gasteiger partial charge in [0.2, 0.25) is 15.9 Å². The van der Waals surface area contributed by atoms with E-state index in [1.807, 2.05) is 6.92 Å². The molecule has 1 aromatic rings. The van der Waals surface area contributed by atoms with Crippen LogP contribution in [0.25, 0.3) is 0 Å². The van der Waals surface area contributed by atoms with Crippen LogP contribution in [-0.2, 0) is 14.8 Å². The molecule has 1 fully saturated rings. The van der Waals surface area contributed by atoms with Crippen LogP contribution in [0.1, 0.15) is 37.9 Å². The molecule has 7 heteroatoms. The standard InChI is InChI=1S/C14H20N2O4S/c1-2-13(17)10-4-3-5-12(8-10)21(19,20)15-9-11-6-7-14(18)16-11/h3-5,8,11,13,15,17H,2,6-7,9H2,1H3,(H,16,18). The zero-order valence-corrected chi connectivity index (χ0v) is 12.7. The number of aliphatic hydroxyl groups is 1. The van der Waals surface area contributed by atoms with Crippen LogP contribution in [0, 0.1) is 0 Å². The second-order valence-electron chi connectivity index (χ2n) is 5.15. The van der Waals surface area contributed by atoms with Crippen molar-refractivity contribution in [3.8, 4) is 0 Å². The third-order valence-corrected chi connectivity index (χ3v) is 4.97. The molecule has 2 atom stereocenters. The van der Waals surface area contributed by atoms with Gasteiger partial charge in [-0.05, 0) is 30.5 Å². The lowest BCUT2D eigenvalue weighted by Gasteiger charge is -2.13. The van der Waals surface area contributed by atoms with E-state index in [4.69, 9.17) is 0 Å². The van der Waals surface area contributed by atoms with E-state index in [2.05, 4.69) is 10.0 Å². The second kappa shape index (κ2) is 6.55. The predicted octanol–water partition coefficient (Wildman–Crippen LogP) is 0.687. The summed E-state index contributed by atoms with van der Waals surface area (Å²) in [6, 6.07) is 6.12. The Labute approximate surface area is 124 Å². The lowest BCUT2D eigenvalue weighted by Crippen LogP contribution is -2.38. The van der Waals surface area contributed by atoms with E-state index in [1.54, 1.807) is 12.1 Å². The number of hydrogen-bond donors (Lipinski definition) is 3. The topological polar surface area (TPSA) is 95.5 Å². The summed E-state index contributed by atoms with van der Waals surface area (Å²) in [6.07, 6.45) is 0.917. The Kier molecular flexibility index (Phi) is 4.97. The van der Waals surface area contributed by atoms with Gasteiger partial charge in [-0.2, -0.15) is 0 Å². The molecule has 0 bridgehead atoms. The Bertz CT molecular complexity index is 615. The zero-order valence-electron chi connectivity index (χ0n) is 11.9. The van der Waals surface area contributed by atoms with Gasteiger partial charge in [-0.25, -0.2) is 13.1 Å². The van der Waals surface area contributed by atoms with E-state index >= 15 is 0 Å². The maximum atomic E-state index is 12.2. The molecule has 1 heterocycles. The van der Waals surface area contributed by atoms with Gasteiger partial charge in [-0.1, -0.05) is 19.1 Å². The molecule has 1 aliphatic rings. The smallest absolute Gasteiger partial charge is 0.240 e. The number of amides is 1. The van der Waals surface area contributed by atoms with Crippen molar-refractivity contribution in [2.45, 2.75) is 43.2 Å². The van der Waals surface area contributed by atoms with Crippen LogP contribution in [0.15, 0.2) is 29.2 Å². The average molecular weight is 312 g/mol. The molecule has 21 heavy (non-hydrogen) atoms. The van der Waals surface area contributed by atoms with Crippen molar-refractivity contribution in [2.24, 2.45) is 0 Å². The first-order valence-electron chi connectivity index (χ1n) is 6.99. The Morgan fingerprint density at radius 2 is 2.24 bits per heavy atom. The lowest BCUT2D eigenvalue weighted by molar-refractivity contribution is -0.119. The number of hydrogen-bond acceptors (Lipinski definition) is 4. The third kappa shape index (κ3) is 4.03. The molecular weight excluding hydrogens is 292 g/mol. The highest BCUT2D eigenvalue weighted by molar-refractivity contribution is 7.89. The molecule has 2 rings (SSSR count). The van der Waals surface area contributed by atoms with Crippen molar-refractivity contribution in [3.05, 3.63) is 29.8 Å².